The maximum atomic E-state index is 13.8. The van der Waals surface area contributed by atoms with Crippen LogP contribution >= 0.6 is 23.2 Å². The minimum atomic E-state index is -4.10. The van der Waals surface area contributed by atoms with Gasteiger partial charge in [-0.3, -0.25) is 13.9 Å². The van der Waals surface area contributed by atoms with Gasteiger partial charge in [0.2, 0.25) is 11.8 Å². The third-order valence-corrected chi connectivity index (χ3v) is 8.39. The Balaban J connectivity index is 2.01. The van der Waals surface area contributed by atoms with E-state index in [-0.39, 0.29) is 23.4 Å². The molecule has 0 heterocycles. The molecular weight excluding hydrogens is 545 g/mol. The molecule has 0 saturated carbocycles. The number of nitrogens with zero attached hydrogens (tertiary/aromatic N) is 2. The molecule has 10 heteroatoms. The normalized spacial score (nSPS) is 12.2. The van der Waals surface area contributed by atoms with E-state index in [1.54, 1.807) is 67.6 Å². The van der Waals surface area contributed by atoms with Crippen LogP contribution < -0.4 is 9.62 Å². The number of para-hydroxylation sites is 1. The summed E-state index contributed by atoms with van der Waals surface area (Å²) < 4.78 is 28.5. The smallest absolute Gasteiger partial charge is 0.264 e. The Hall–Kier alpha value is -3.07. The number of halogens is 2. The van der Waals surface area contributed by atoms with E-state index in [9.17, 15) is 18.0 Å². The van der Waals surface area contributed by atoms with Crippen LogP contribution in [0.1, 0.15) is 31.9 Å². The second-order valence-electron chi connectivity index (χ2n) is 9.27. The number of nitrogens with one attached hydrogen (secondary N) is 1. The van der Waals surface area contributed by atoms with Crippen LogP contribution in [0.4, 0.5) is 5.69 Å². The van der Waals surface area contributed by atoms with Crippen molar-refractivity contribution in [2.24, 2.45) is 0 Å². The van der Waals surface area contributed by atoms with Crippen molar-refractivity contribution < 1.29 is 18.0 Å². The summed E-state index contributed by atoms with van der Waals surface area (Å²) in [5.74, 6) is -0.914. The Morgan fingerprint density at radius 3 is 2.11 bits per heavy atom. The van der Waals surface area contributed by atoms with Crippen molar-refractivity contribution in [3.63, 3.8) is 0 Å². The zero-order chi connectivity index (χ0) is 28.0. The van der Waals surface area contributed by atoms with Gasteiger partial charge in [0.25, 0.3) is 10.0 Å². The second kappa shape index (κ2) is 12.7. The monoisotopic (exact) mass is 575 g/mol. The lowest BCUT2D eigenvalue weighted by Gasteiger charge is -2.32. The van der Waals surface area contributed by atoms with E-state index in [4.69, 9.17) is 23.2 Å². The van der Waals surface area contributed by atoms with Gasteiger partial charge >= 0.3 is 0 Å². The Morgan fingerprint density at radius 2 is 1.53 bits per heavy atom. The third kappa shape index (κ3) is 7.28. The number of carbonyl (C=O) groups is 2. The van der Waals surface area contributed by atoms with Gasteiger partial charge < -0.3 is 10.2 Å². The number of amides is 2. The highest BCUT2D eigenvalue weighted by Crippen LogP contribution is 2.26. The standard InChI is InChI=1S/C28H31Cl2N3O4S/c1-19(2)31-28(35)21(4)32(17-22-12-15-25(29)26(30)16-22)27(34)18-33(23-8-6-5-7-9-23)38(36,37)24-13-10-20(3)11-14-24/h5-16,19,21H,17-18H2,1-4H3,(H,31,35)/t21-/m1/s1. The molecule has 1 atom stereocenters. The average molecular weight is 577 g/mol. The zero-order valence-electron chi connectivity index (χ0n) is 21.7. The molecule has 0 radical (unpaired) electrons. The molecule has 0 aliphatic rings. The fourth-order valence-electron chi connectivity index (χ4n) is 3.78. The average Bonchev–Trinajstić information content (AvgIpc) is 2.87. The summed E-state index contributed by atoms with van der Waals surface area (Å²) in [7, 11) is -4.10. The summed E-state index contributed by atoms with van der Waals surface area (Å²) in [6, 6.07) is 18.7. The summed E-state index contributed by atoms with van der Waals surface area (Å²) in [4.78, 5) is 28.2. The van der Waals surface area contributed by atoms with Gasteiger partial charge in [-0.2, -0.15) is 0 Å². The molecule has 0 saturated heterocycles. The minimum Gasteiger partial charge on any atom is -0.352 e. The van der Waals surface area contributed by atoms with Crippen molar-refractivity contribution in [2.75, 3.05) is 10.8 Å². The van der Waals surface area contributed by atoms with E-state index in [1.807, 2.05) is 20.8 Å². The van der Waals surface area contributed by atoms with Gasteiger partial charge in [-0.1, -0.05) is 65.2 Å². The van der Waals surface area contributed by atoms with Gasteiger partial charge in [0, 0.05) is 12.6 Å². The van der Waals surface area contributed by atoms with Crippen LogP contribution in [0.3, 0.4) is 0 Å². The zero-order valence-corrected chi connectivity index (χ0v) is 24.0. The SMILES string of the molecule is Cc1ccc(S(=O)(=O)N(CC(=O)N(Cc2ccc(Cl)c(Cl)c2)[C@H](C)C(=O)NC(C)C)c2ccccc2)cc1. The fraction of sp³-hybridized carbons (Fsp3) is 0.286. The van der Waals surface area contributed by atoms with Gasteiger partial charge in [0.15, 0.2) is 0 Å². The van der Waals surface area contributed by atoms with Gasteiger partial charge in [-0.25, -0.2) is 8.42 Å². The van der Waals surface area contributed by atoms with Crippen LogP contribution in [0.25, 0.3) is 0 Å². The lowest BCUT2D eigenvalue weighted by atomic mass is 10.1. The van der Waals surface area contributed by atoms with Crippen LogP contribution in [0.15, 0.2) is 77.7 Å². The predicted molar refractivity (Wildman–Crippen MR) is 152 cm³/mol. The van der Waals surface area contributed by atoms with E-state index in [0.29, 0.717) is 21.3 Å². The molecule has 1 N–H and O–H groups in total. The van der Waals surface area contributed by atoms with Crippen molar-refractivity contribution in [1.29, 1.82) is 0 Å². The number of hydrogen-bond acceptors (Lipinski definition) is 4. The Morgan fingerprint density at radius 1 is 0.895 bits per heavy atom. The van der Waals surface area contributed by atoms with Gasteiger partial charge in [0.1, 0.15) is 12.6 Å². The number of benzene rings is 3. The summed E-state index contributed by atoms with van der Waals surface area (Å²) in [6.45, 7) is 6.62. The van der Waals surface area contributed by atoms with E-state index in [1.165, 1.54) is 17.0 Å². The van der Waals surface area contributed by atoms with Crippen molar-refractivity contribution >= 4 is 50.7 Å². The van der Waals surface area contributed by atoms with Crippen LogP contribution in [0, 0.1) is 6.92 Å². The number of aryl methyl sites for hydroxylation is 1. The molecule has 3 rings (SSSR count). The van der Waals surface area contributed by atoms with E-state index in [0.717, 1.165) is 9.87 Å². The molecule has 0 unspecified atom stereocenters. The molecule has 38 heavy (non-hydrogen) atoms. The predicted octanol–water partition coefficient (Wildman–Crippen LogP) is 5.44. The number of carbonyl (C=O) groups excluding carboxylic acids is 2. The Labute approximate surface area is 234 Å². The molecule has 2 amide bonds. The summed E-state index contributed by atoms with van der Waals surface area (Å²) >= 11 is 12.2. The fourth-order valence-corrected chi connectivity index (χ4v) is 5.52. The number of sulfonamides is 1. The Bertz CT molecular complexity index is 1380. The third-order valence-electron chi connectivity index (χ3n) is 5.87. The molecule has 3 aromatic rings. The van der Waals surface area contributed by atoms with Crippen LogP contribution in [0.2, 0.25) is 10.0 Å². The van der Waals surface area contributed by atoms with Crippen LogP contribution in [0.5, 0.6) is 0 Å². The minimum absolute atomic E-state index is 0.0234. The highest BCUT2D eigenvalue weighted by atomic mass is 35.5. The van der Waals surface area contributed by atoms with E-state index >= 15 is 0 Å². The van der Waals surface area contributed by atoms with Gasteiger partial charge in [-0.05, 0) is 69.7 Å². The topological polar surface area (TPSA) is 86.8 Å². The lowest BCUT2D eigenvalue weighted by Crippen LogP contribution is -2.52. The maximum absolute atomic E-state index is 13.8. The quantitative estimate of drug-likeness (QED) is 0.348. The van der Waals surface area contributed by atoms with E-state index in [2.05, 4.69) is 5.32 Å². The highest BCUT2D eigenvalue weighted by molar-refractivity contribution is 7.92. The molecule has 7 nitrogen and oxygen atoms in total. The van der Waals surface area contributed by atoms with Crippen molar-refractivity contribution in [2.45, 2.75) is 51.2 Å². The maximum Gasteiger partial charge on any atom is 0.264 e. The van der Waals surface area contributed by atoms with Crippen LogP contribution in [-0.4, -0.2) is 43.8 Å². The summed E-state index contributed by atoms with van der Waals surface area (Å²) in [5.41, 5.74) is 1.88. The second-order valence-corrected chi connectivity index (χ2v) is 11.9. The molecule has 3 aromatic carbocycles. The summed E-state index contributed by atoms with van der Waals surface area (Å²) in [6.07, 6.45) is 0. The molecule has 0 aliphatic heterocycles. The first-order valence-electron chi connectivity index (χ1n) is 12.1. The number of hydrogen-bond donors (Lipinski definition) is 1. The highest BCUT2D eigenvalue weighted by Gasteiger charge is 2.32. The van der Waals surface area contributed by atoms with Crippen molar-refractivity contribution in [3.8, 4) is 0 Å². The lowest BCUT2D eigenvalue weighted by molar-refractivity contribution is -0.139. The number of rotatable bonds is 10. The molecular formula is C28H31Cl2N3O4S. The first-order valence-corrected chi connectivity index (χ1v) is 14.3. The Kier molecular flexibility index (Phi) is 9.82. The molecule has 0 spiro atoms. The molecule has 0 aliphatic carbocycles. The van der Waals surface area contributed by atoms with Crippen LogP contribution in [-0.2, 0) is 26.2 Å². The van der Waals surface area contributed by atoms with Gasteiger partial charge in [-0.15, -0.1) is 0 Å². The van der Waals surface area contributed by atoms with Crippen molar-refractivity contribution in [3.05, 3.63) is 94.0 Å². The molecule has 0 fully saturated rings. The van der Waals surface area contributed by atoms with Gasteiger partial charge in [0.05, 0.1) is 20.6 Å². The number of anilines is 1. The van der Waals surface area contributed by atoms with Crippen molar-refractivity contribution in [1.82, 2.24) is 10.2 Å². The summed E-state index contributed by atoms with van der Waals surface area (Å²) in [5, 5.41) is 3.49. The largest absolute Gasteiger partial charge is 0.352 e. The first kappa shape index (κ1) is 29.5. The molecule has 0 aromatic heterocycles. The molecule has 202 valence electrons. The molecule has 0 bridgehead atoms. The first-order chi connectivity index (χ1) is 17.9. The van der Waals surface area contributed by atoms with E-state index < -0.39 is 28.5 Å².